The molecule has 0 aliphatic heterocycles. The molecule has 1 rings (SSSR count). The highest BCUT2D eigenvalue weighted by Crippen LogP contribution is 2.13. The molecule has 4 nitrogen and oxygen atoms in total. The van der Waals surface area contributed by atoms with E-state index in [1.54, 1.807) is 4.90 Å². The van der Waals surface area contributed by atoms with Gasteiger partial charge >= 0.3 is 5.97 Å². The molecule has 1 heterocycles. The molecule has 0 fully saturated rings. The van der Waals surface area contributed by atoms with E-state index in [-0.39, 0.29) is 18.3 Å². The molecule has 106 valence electrons. The fourth-order valence-corrected chi connectivity index (χ4v) is 2.44. The lowest BCUT2D eigenvalue weighted by atomic mass is 10.2. The van der Waals surface area contributed by atoms with E-state index in [9.17, 15) is 9.59 Å². The lowest BCUT2D eigenvalue weighted by Crippen LogP contribution is -2.33. The smallest absolute Gasteiger partial charge is 0.307 e. The van der Waals surface area contributed by atoms with Crippen LogP contribution in [0.2, 0.25) is 0 Å². The third-order valence-corrected chi connectivity index (χ3v) is 3.72. The van der Waals surface area contributed by atoms with Crippen LogP contribution in [0.5, 0.6) is 0 Å². The van der Waals surface area contributed by atoms with E-state index in [0.717, 1.165) is 24.1 Å². The van der Waals surface area contributed by atoms with E-state index in [2.05, 4.69) is 11.7 Å². The molecule has 0 radical (unpaired) electrons. The molecule has 0 aliphatic rings. The van der Waals surface area contributed by atoms with Crippen molar-refractivity contribution in [2.45, 2.75) is 32.6 Å². The van der Waals surface area contributed by atoms with Crippen LogP contribution in [0.3, 0.4) is 0 Å². The maximum absolute atomic E-state index is 12.3. The van der Waals surface area contributed by atoms with Crippen molar-refractivity contribution in [3.63, 3.8) is 0 Å². The van der Waals surface area contributed by atoms with Crippen molar-refractivity contribution < 1.29 is 14.3 Å². The van der Waals surface area contributed by atoms with E-state index < -0.39 is 0 Å². The average Bonchev–Trinajstić information content (AvgIpc) is 2.95. The highest BCUT2D eigenvalue weighted by molar-refractivity contribution is 7.12. The van der Waals surface area contributed by atoms with Gasteiger partial charge in [-0.15, -0.1) is 11.3 Å². The van der Waals surface area contributed by atoms with Crippen molar-refractivity contribution in [2.24, 2.45) is 0 Å². The maximum atomic E-state index is 12.3. The summed E-state index contributed by atoms with van der Waals surface area (Å²) in [5.41, 5.74) is 0. The van der Waals surface area contributed by atoms with E-state index in [0.29, 0.717) is 13.1 Å². The minimum absolute atomic E-state index is 0.00926. The maximum Gasteiger partial charge on any atom is 0.307 e. The fraction of sp³-hybridized carbons (Fsp3) is 0.571. The van der Waals surface area contributed by atoms with Gasteiger partial charge in [0.05, 0.1) is 18.4 Å². The summed E-state index contributed by atoms with van der Waals surface area (Å²) in [5.74, 6) is -0.269. The number of amides is 1. The van der Waals surface area contributed by atoms with E-state index in [1.807, 2.05) is 17.5 Å². The van der Waals surface area contributed by atoms with Crippen molar-refractivity contribution in [3.8, 4) is 0 Å². The largest absolute Gasteiger partial charge is 0.469 e. The van der Waals surface area contributed by atoms with Crippen LogP contribution in [0.15, 0.2) is 17.5 Å². The fourth-order valence-electron chi connectivity index (χ4n) is 1.75. The van der Waals surface area contributed by atoms with Gasteiger partial charge in [-0.3, -0.25) is 9.59 Å². The molecule has 0 spiro atoms. The molecule has 0 unspecified atom stereocenters. The van der Waals surface area contributed by atoms with Gasteiger partial charge in [0.2, 0.25) is 0 Å². The van der Waals surface area contributed by atoms with Gasteiger partial charge in [0, 0.05) is 13.1 Å². The van der Waals surface area contributed by atoms with Crippen LogP contribution in [-0.4, -0.2) is 37.0 Å². The Bertz CT molecular complexity index is 389. The summed E-state index contributed by atoms with van der Waals surface area (Å²) in [6, 6.07) is 3.68. The number of carbonyl (C=O) groups excluding carboxylic acids is 2. The number of thiophene rings is 1. The van der Waals surface area contributed by atoms with Crippen molar-refractivity contribution in [3.05, 3.63) is 22.4 Å². The Hall–Kier alpha value is -1.36. The van der Waals surface area contributed by atoms with Gasteiger partial charge in [0.1, 0.15) is 0 Å². The Morgan fingerprint density at radius 1 is 1.32 bits per heavy atom. The summed E-state index contributed by atoms with van der Waals surface area (Å²) < 4.78 is 4.62. The minimum Gasteiger partial charge on any atom is -0.469 e. The number of hydrogen-bond acceptors (Lipinski definition) is 4. The molecule has 1 amide bonds. The number of methoxy groups -OCH3 is 1. The topological polar surface area (TPSA) is 46.6 Å². The molecule has 0 aliphatic carbocycles. The van der Waals surface area contributed by atoms with Crippen molar-refractivity contribution in [1.29, 1.82) is 0 Å². The van der Waals surface area contributed by atoms with Gasteiger partial charge in [0.15, 0.2) is 0 Å². The summed E-state index contributed by atoms with van der Waals surface area (Å²) in [6.45, 7) is 3.24. The Morgan fingerprint density at radius 2 is 2.11 bits per heavy atom. The van der Waals surface area contributed by atoms with Gasteiger partial charge in [-0.1, -0.05) is 25.8 Å². The van der Waals surface area contributed by atoms with Gasteiger partial charge < -0.3 is 9.64 Å². The number of ether oxygens (including phenoxy) is 1. The number of carbonyl (C=O) groups is 2. The molecule has 0 saturated carbocycles. The summed E-state index contributed by atoms with van der Waals surface area (Å²) in [5, 5.41) is 1.89. The normalized spacial score (nSPS) is 10.2. The second-order valence-electron chi connectivity index (χ2n) is 4.30. The Labute approximate surface area is 118 Å². The molecule has 1 aromatic rings. The first-order valence-electron chi connectivity index (χ1n) is 6.58. The van der Waals surface area contributed by atoms with E-state index >= 15 is 0 Å². The summed E-state index contributed by atoms with van der Waals surface area (Å²) in [6.07, 6.45) is 3.42. The molecule has 19 heavy (non-hydrogen) atoms. The van der Waals surface area contributed by atoms with Gasteiger partial charge in [-0.25, -0.2) is 0 Å². The highest BCUT2D eigenvalue weighted by Gasteiger charge is 2.17. The molecule has 5 heteroatoms. The second-order valence-corrected chi connectivity index (χ2v) is 5.25. The number of rotatable bonds is 8. The number of esters is 1. The second kappa shape index (κ2) is 8.69. The first-order chi connectivity index (χ1) is 9.19. The average molecular weight is 283 g/mol. The van der Waals surface area contributed by atoms with Crippen molar-refractivity contribution in [2.75, 3.05) is 20.2 Å². The van der Waals surface area contributed by atoms with Crippen molar-refractivity contribution >= 4 is 23.2 Å². The van der Waals surface area contributed by atoms with Crippen molar-refractivity contribution in [1.82, 2.24) is 4.90 Å². The van der Waals surface area contributed by atoms with Gasteiger partial charge in [-0.05, 0) is 17.9 Å². The Morgan fingerprint density at radius 3 is 2.68 bits per heavy atom. The van der Waals surface area contributed by atoms with Gasteiger partial charge in [-0.2, -0.15) is 0 Å². The predicted molar refractivity (Wildman–Crippen MR) is 76.4 cm³/mol. The van der Waals surface area contributed by atoms with E-state index in [4.69, 9.17) is 0 Å². The van der Waals surface area contributed by atoms with Gasteiger partial charge in [0.25, 0.3) is 5.91 Å². The van der Waals surface area contributed by atoms with Crippen LogP contribution in [0.1, 0.15) is 42.3 Å². The zero-order chi connectivity index (χ0) is 14.1. The monoisotopic (exact) mass is 283 g/mol. The molecular formula is C14H21NO3S. The summed E-state index contributed by atoms with van der Waals surface area (Å²) >= 11 is 1.43. The molecule has 0 saturated heterocycles. The van der Waals surface area contributed by atoms with Crippen LogP contribution in [-0.2, 0) is 9.53 Å². The number of hydrogen-bond donors (Lipinski definition) is 0. The number of unbranched alkanes of at least 4 members (excludes halogenated alkanes) is 2. The molecule has 1 aromatic heterocycles. The highest BCUT2D eigenvalue weighted by atomic mass is 32.1. The lowest BCUT2D eigenvalue weighted by Gasteiger charge is -2.21. The Kier molecular flexibility index (Phi) is 7.18. The first kappa shape index (κ1) is 15.7. The van der Waals surface area contributed by atoms with Crippen LogP contribution in [0, 0.1) is 0 Å². The standard InChI is InChI=1S/C14H21NO3S/c1-3-4-5-9-15(10-8-13(16)18-2)14(17)12-7-6-11-19-12/h6-7,11H,3-5,8-10H2,1-2H3. The van der Waals surface area contributed by atoms with Crippen LogP contribution in [0.4, 0.5) is 0 Å². The molecule has 0 aromatic carbocycles. The first-order valence-corrected chi connectivity index (χ1v) is 7.46. The van der Waals surface area contributed by atoms with Crippen LogP contribution < -0.4 is 0 Å². The predicted octanol–water partition coefficient (Wildman–Crippen LogP) is 2.94. The van der Waals surface area contributed by atoms with E-state index in [1.165, 1.54) is 18.4 Å². The summed E-state index contributed by atoms with van der Waals surface area (Å²) in [7, 11) is 1.37. The SMILES string of the molecule is CCCCCN(CCC(=O)OC)C(=O)c1cccs1. The number of nitrogens with zero attached hydrogens (tertiary/aromatic N) is 1. The quantitative estimate of drug-likeness (QED) is 0.544. The minimum atomic E-state index is -0.278. The van der Waals surface area contributed by atoms with Crippen LogP contribution in [0.25, 0.3) is 0 Å². The molecule has 0 atom stereocenters. The van der Waals surface area contributed by atoms with Crippen LogP contribution >= 0.6 is 11.3 Å². The lowest BCUT2D eigenvalue weighted by molar-refractivity contribution is -0.140. The zero-order valence-corrected chi connectivity index (χ0v) is 12.4. The molecule has 0 bridgehead atoms. The Balaban J connectivity index is 2.57. The summed E-state index contributed by atoms with van der Waals surface area (Å²) in [4.78, 5) is 26.0. The third-order valence-electron chi connectivity index (χ3n) is 2.86. The molecular weight excluding hydrogens is 262 g/mol. The zero-order valence-electron chi connectivity index (χ0n) is 11.6. The third kappa shape index (κ3) is 5.42. The molecule has 0 N–H and O–H groups in total.